The van der Waals surface area contributed by atoms with E-state index < -0.39 is 0 Å². The standard InChI is InChI=1S/C9H10FNO2/c1-13-9-3-2-7(10)6-8(9)11-4-5-12/h2-3,5-6,11H,4H2,1H3. The van der Waals surface area contributed by atoms with E-state index in [1.54, 1.807) is 0 Å². The number of nitrogens with one attached hydrogen (secondary N) is 1. The van der Waals surface area contributed by atoms with Gasteiger partial charge in [0.2, 0.25) is 0 Å². The van der Waals surface area contributed by atoms with Crippen molar-refractivity contribution < 1.29 is 13.9 Å². The molecule has 0 fully saturated rings. The summed E-state index contributed by atoms with van der Waals surface area (Å²) in [5.41, 5.74) is 0.481. The van der Waals surface area contributed by atoms with E-state index in [-0.39, 0.29) is 12.4 Å². The maximum absolute atomic E-state index is 12.7. The van der Waals surface area contributed by atoms with Crippen molar-refractivity contribution in [2.45, 2.75) is 0 Å². The van der Waals surface area contributed by atoms with E-state index >= 15 is 0 Å². The topological polar surface area (TPSA) is 38.3 Å². The zero-order valence-corrected chi connectivity index (χ0v) is 7.21. The number of hydrogen-bond acceptors (Lipinski definition) is 3. The molecule has 0 unspecified atom stereocenters. The molecule has 0 atom stereocenters. The average Bonchev–Trinajstić information content (AvgIpc) is 2.15. The lowest BCUT2D eigenvalue weighted by Gasteiger charge is -2.08. The summed E-state index contributed by atoms with van der Waals surface area (Å²) in [7, 11) is 1.49. The Morgan fingerprint density at radius 2 is 2.38 bits per heavy atom. The van der Waals surface area contributed by atoms with Crippen LogP contribution in [0.25, 0.3) is 0 Å². The minimum Gasteiger partial charge on any atom is -0.495 e. The van der Waals surface area contributed by atoms with Gasteiger partial charge < -0.3 is 14.8 Å². The van der Waals surface area contributed by atoms with Crippen LogP contribution in [-0.2, 0) is 4.79 Å². The molecule has 0 bridgehead atoms. The molecule has 0 aliphatic heterocycles. The van der Waals surface area contributed by atoms with Gasteiger partial charge in [-0.2, -0.15) is 0 Å². The SMILES string of the molecule is COc1ccc(F)cc1NCC=O. The summed E-state index contributed by atoms with van der Waals surface area (Å²) < 4.78 is 17.7. The third-order valence-electron chi connectivity index (χ3n) is 1.54. The van der Waals surface area contributed by atoms with Gasteiger partial charge in [0, 0.05) is 6.07 Å². The molecule has 4 heteroatoms. The van der Waals surface area contributed by atoms with Gasteiger partial charge >= 0.3 is 0 Å². The Labute approximate surface area is 75.5 Å². The van der Waals surface area contributed by atoms with Crippen molar-refractivity contribution in [2.24, 2.45) is 0 Å². The summed E-state index contributed by atoms with van der Waals surface area (Å²) in [6.45, 7) is 0.139. The quantitative estimate of drug-likeness (QED) is 0.718. The van der Waals surface area contributed by atoms with Crippen LogP contribution in [0.5, 0.6) is 5.75 Å². The van der Waals surface area contributed by atoms with Gasteiger partial charge in [-0.15, -0.1) is 0 Å². The lowest BCUT2D eigenvalue weighted by molar-refractivity contribution is -0.106. The summed E-state index contributed by atoms with van der Waals surface area (Å²) >= 11 is 0. The number of halogens is 1. The highest BCUT2D eigenvalue weighted by atomic mass is 19.1. The molecule has 1 N–H and O–H groups in total. The predicted octanol–water partition coefficient (Wildman–Crippen LogP) is 1.45. The molecule has 0 radical (unpaired) electrons. The number of anilines is 1. The maximum Gasteiger partial charge on any atom is 0.142 e. The van der Waals surface area contributed by atoms with Gasteiger partial charge in [0.05, 0.1) is 19.3 Å². The molecule has 70 valence electrons. The Hall–Kier alpha value is -1.58. The summed E-state index contributed by atoms with van der Waals surface area (Å²) in [4.78, 5) is 10.1. The Bertz CT molecular complexity index is 302. The third-order valence-corrected chi connectivity index (χ3v) is 1.54. The Morgan fingerprint density at radius 1 is 1.62 bits per heavy atom. The van der Waals surface area contributed by atoms with Gasteiger partial charge in [-0.1, -0.05) is 0 Å². The molecular formula is C9H10FNO2. The zero-order chi connectivity index (χ0) is 9.68. The smallest absolute Gasteiger partial charge is 0.142 e. The Balaban J connectivity index is 2.87. The van der Waals surface area contributed by atoms with Gasteiger partial charge in [0.15, 0.2) is 0 Å². The van der Waals surface area contributed by atoms with Crippen LogP contribution in [-0.4, -0.2) is 19.9 Å². The van der Waals surface area contributed by atoms with Crippen molar-refractivity contribution in [1.29, 1.82) is 0 Å². The Kier molecular flexibility index (Phi) is 3.25. The molecule has 1 aromatic rings. The molecule has 0 saturated carbocycles. The molecule has 0 amide bonds. The second kappa shape index (κ2) is 4.45. The number of carbonyl (C=O) groups excluding carboxylic acids is 1. The fourth-order valence-electron chi connectivity index (χ4n) is 0.970. The zero-order valence-electron chi connectivity index (χ0n) is 7.21. The molecule has 0 heterocycles. The summed E-state index contributed by atoms with van der Waals surface area (Å²) in [5, 5.41) is 2.72. The molecule has 0 aliphatic carbocycles. The Morgan fingerprint density at radius 3 is 3.00 bits per heavy atom. The first-order chi connectivity index (χ1) is 6.27. The van der Waals surface area contributed by atoms with E-state index in [0.29, 0.717) is 17.7 Å². The molecule has 1 aromatic carbocycles. The summed E-state index contributed by atoms with van der Waals surface area (Å²) in [5.74, 6) is 0.150. The van der Waals surface area contributed by atoms with Gasteiger partial charge in [-0.3, -0.25) is 0 Å². The van der Waals surface area contributed by atoms with Crippen LogP contribution < -0.4 is 10.1 Å². The van der Waals surface area contributed by atoms with Gasteiger partial charge in [-0.25, -0.2) is 4.39 Å². The van der Waals surface area contributed by atoms with Crippen molar-refractivity contribution in [1.82, 2.24) is 0 Å². The minimum absolute atomic E-state index is 0.139. The van der Waals surface area contributed by atoms with E-state index in [1.165, 1.54) is 25.3 Å². The van der Waals surface area contributed by atoms with E-state index in [9.17, 15) is 9.18 Å². The number of carbonyl (C=O) groups is 1. The predicted molar refractivity (Wildman–Crippen MR) is 47.5 cm³/mol. The highest BCUT2D eigenvalue weighted by molar-refractivity contribution is 5.63. The van der Waals surface area contributed by atoms with E-state index in [4.69, 9.17) is 4.74 Å². The van der Waals surface area contributed by atoms with Crippen molar-refractivity contribution in [3.8, 4) is 5.75 Å². The largest absolute Gasteiger partial charge is 0.495 e. The van der Waals surface area contributed by atoms with Crippen LogP contribution in [0.15, 0.2) is 18.2 Å². The fraction of sp³-hybridized carbons (Fsp3) is 0.222. The number of ether oxygens (including phenoxy) is 1. The van der Waals surface area contributed by atoms with Gasteiger partial charge in [-0.05, 0) is 12.1 Å². The molecule has 0 aromatic heterocycles. The lowest BCUT2D eigenvalue weighted by Crippen LogP contribution is -2.03. The van der Waals surface area contributed by atoms with Crippen LogP contribution in [0.3, 0.4) is 0 Å². The number of methoxy groups -OCH3 is 1. The van der Waals surface area contributed by atoms with Crippen LogP contribution in [0.4, 0.5) is 10.1 Å². The van der Waals surface area contributed by atoms with Crippen LogP contribution in [0.1, 0.15) is 0 Å². The first-order valence-corrected chi connectivity index (χ1v) is 3.79. The molecule has 0 saturated heterocycles. The average molecular weight is 183 g/mol. The van der Waals surface area contributed by atoms with Crippen molar-refractivity contribution in [3.63, 3.8) is 0 Å². The summed E-state index contributed by atoms with van der Waals surface area (Å²) in [6, 6.07) is 4.08. The van der Waals surface area contributed by atoms with Gasteiger partial charge in [0.25, 0.3) is 0 Å². The number of aldehydes is 1. The number of rotatable bonds is 4. The van der Waals surface area contributed by atoms with Crippen LogP contribution in [0.2, 0.25) is 0 Å². The van der Waals surface area contributed by atoms with E-state index in [2.05, 4.69) is 5.32 Å². The van der Waals surface area contributed by atoms with E-state index in [0.717, 1.165) is 0 Å². The molecule has 3 nitrogen and oxygen atoms in total. The number of hydrogen-bond donors (Lipinski definition) is 1. The first-order valence-electron chi connectivity index (χ1n) is 3.79. The lowest BCUT2D eigenvalue weighted by atomic mass is 10.3. The molecular weight excluding hydrogens is 173 g/mol. The second-order valence-corrected chi connectivity index (χ2v) is 2.39. The van der Waals surface area contributed by atoms with E-state index in [1.807, 2.05) is 0 Å². The van der Waals surface area contributed by atoms with Crippen molar-refractivity contribution in [2.75, 3.05) is 19.0 Å². The monoisotopic (exact) mass is 183 g/mol. The molecule has 0 aliphatic rings. The van der Waals surface area contributed by atoms with Gasteiger partial charge in [0.1, 0.15) is 17.9 Å². The highest BCUT2D eigenvalue weighted by Gasteiger charge is 2.02. The molecule has 13 heavy (non-hydrogen) atoms. The maximum atomic E-state index is 12.7. The third kappa shape index (κ3) is 2.43. The highest BCUT2D eigenvalue weighted by Crippen LogP contribution is 2.24. The van der Waals surface area contributed by atoms with Crippen molar-refractivity contribution >= 4 is 12.0 Å². The summed E-state index contributed by atoms with van der Waals surface area (Å²) in [6.07, 6.45) is 0.699. The molecule has 0 spiro atoms. The van der Waals surface area contributed by atoms with Crippen LogP contribution >= 0.6 is 0 Å². The first kappa shape index (κ1) is 9.51. The second-order valence-electron chi connectivity index (χ2n) is 2.39. The minimum atomic E-state index is -0.366. The fourth-order valence-corrected chi connectivity index (χ4v) is 0.970. The van der Waals surface area contributed by atoms with Crippen LogP contribution in [0, 0.1) is 5.82 Å². The number of benzene rings is 1. The normalized spacial score (nSPS) is 9.38. The molecule has 1 rings (SSSR count). The van der Waals surface area contributed by atoms with Crippen molar-refractivity contribution in [3.05, 3.63) is 24.0 Å².